The highest BCUT2D eigenvalue weighted by atomic mass is 32.1. The van der Waals surface area contributed by atoms with Gasteiger partial charge >= 0.3 is 0 Å². The van der Waals surface area contributed by atoms with Gasteiger partial charge in [0.2, 0.25) is 0 Å². The van der Waals surface area contributed by atoms with Gasteiger partial charge in [0, 0.05) is 45.9 Å². The van der Waals surface area contributed by atoms with Gasteiger partial charge in [0.15, 0.2) is 5.13 Å². The summed E-state index contributed by atoms with van der Waals surface area (Å²) in [6.45, 7) is 6.06. The molecule has 1 fully saturated rings. The van der Waals surface area contributed by atoms with Crippen LogP contribution >= 0.6 is 11.3 Å². The second-order valence-electron chi connectivity index (χ2n) is 10.2. The molecule has 0 radical (unpaired) electrons. The maximum absolute atomic E-state index is 13.8. The lowest BCUT2D eigenvalue weighted by atomic mass is 9.95. The third-order valence-electron chi connectivity index (χ3n) is 7.64. The van der Waals surface area contributed by atoms with Crippen LogP contribution in [0.25, 0.3) is 32.5 Å². The van der Waals surface area contributed by atoms with E-state index in [-0.39, 0.29) is 11.2 Å². The third-order valence-corrected chi connectivity index (χ3v) is 8.55. The lowest BCUT2D eigenvalue weighted by Gasteiger charge is -2.15. The van der Waals surface area contributed by atoms with E-state index in [0.717, 1.165) is 73.1 Å². The maximum Gasteiger partial charge on any atom is 0.176 e. The fraction of sp³-hybridized carbons (Fsp3) is 0.258. The third kappa shape index (κ3) is 4.64. The second-order valence-corrected chi connectivity index (χ2v) is 11.2. The van der Waals surface area contributed by atoms with E-state index >= 15 is 0 Å². The number of pyridine rings is 2. The number of H-pyrrole nitrogens is 1. The first-order valence-electron chi connectivity index (χ1n) is 13.4. The Morgan fingerprint density at radius 3 is 2.69 bits per heavy atom. The second kappa shape index (κ2) is 10.0. The Hall–Kier alpha value is -3.88. The van der Waals surface area contributed by atoms with Gasteiger partial charge in [-0.2, -0.15) is 4.39 Å². The van der Waals surface area contributed by atoms with Crippen molar-refractivity contribution in [2.24, 2.45) is 4.99 Å². The summed E-state index contributed by atoms with van der Waals surface area (Å²) in [6.07, 6.45) is 9.83. The van der Waals surface area contributed by atoms with Gasteiger partial charge in [-0.3, -0.25) is 19.9 Å². The fourth-order valence-electron chi connectivity index (χ4n) is 5.64. The molecule has 5 aromatic rings. The molecule has 2 aliphatic rings. The number of nitrogens with one attached hydrogen (secondary N) is 1. The molecule has 1 N–H and O–H groups in total. The summed E-state index contributed by atoms with van der Waals surface area (Å²) in [6, 6.07) is 14.0. The average Bonchev–Trinajstić information content (AvgIpc) is 3.76. The van der Waals surface area contributed by atoms with Crippen LogP contribution in [0.1, 0.15) is 42.6 Å². The lowest BCUT2D eigenvalue weighted by Crippen LogP contribution is -2.25. The number of nitrogens with zero attached hydrogens (tertiary/aromatic N) is 4. The quantitative estimate of drug-likeness (QED) is 0.246. The number of aliphatic imine (C=N–C) groups is 1. The van der Waals surface area contributed by atoms with Crippen LogP contribution in [0.15, 0.2) is 72.2 Å². The van der Waals surface area contributed by atoms with Gasteiger partial charge in [0.1, 0.15) is 12.4 Å². The molecule has 0 bridgehead atoms. The molecule has 7 rings (SSSR count). The molecule has 0 unspecified atom stereocenters. The van der Waals surface area contributed by atoms with Crippen LogP contribution in [-0.4, -0.2) is 51.8 Å². The minimum atomic E-state index is -0.205. The number of fused-ring (bicyclic) bond motifs is 2. The van der Waals surface area contributed by atoms with Crippen molar-refractivity contribution in [3.05, 3.63) is 89.2 Å². The van der Waals surface area contributed by atoms with Gasteiger partial charge in [-0.15, -0.1) is 11.3 Å². The van der Waals surface area contributed by atoms with Crippen molar-refractivity contribution in [2.75, 3.05) is 26.2 Å². The number of hydrogen-bond acceptors (Lipinski definition) is 6. The molecule has 8 heteroatoms. The van der Waals surface area contributed by atoms with Crippen LogP contribution in [0.5, 0.6) is 5.75 Å². The summed E-state index contributed by atoms with van der Waals surface area (Å²) < 4.78 is 19.8. The van der Waals surface area contributed by atoms with Crippen molar-refractivity contribution in [1.82, 2.24) is 19.9 Å². The van der Waals surface area contributed by atoms with Gasteiger partial charge in [-0.25, -0.2) is 0 Å². The van der Waals surface area contributed by atoms with E-state index in [1.165, 1.54) is 37.6 Å². The van der Waals surface area contributed by atoms with Crippen LogP contribution in [0.4, 0.5) is 4.39 Å². The zero-order valence-corrected chi connectivity index (χ0v) is 22.5. The summed E-state index contributed by atoms with van der Waals surface area (Å²) in [5.41, 5.74) is 8.04. The van der Waals surface area contributed by atoms with Crippen LogP contribution in [0.3, 0.4) is 0 Å². The van der Waals surface area contributed by atoms with Crippen LogP contribution in [-0.2, 0) is 0 Å². The summed E-state index contributed by atoms with van der Waals surface area (Å²) in [5, 5.41) is 0.800. The lowest BCUT2D eigenvalue weighted by molar-refractivity contribution is 0.237. The number of thiophene rings is 1. The molecule has 1 atom stereocenters. The number of rotatable bonds is 7. The number of halogens is 1. The minimum absolute atomic E-state index is 0.0535. The molecule has 2 aliphatic heterocycles. The van der Waals surface area contributed by atoms with Gasteiger partial charge in [0.25, 0.3) is 0 Å². The molecule has 0 spiro atoms. The summed E-state index contributed by atoms with van der Waals surface area (Å²) in [5.74, 6) is 0.787. The molecule has 0 amide bonds. The molecule has 6 heterocycles. The van der Waals surface area contributed by atoms with E-state index in [4.69, 9.17) is 9.73 Å². The summed E-state index contributed by atoms with van der Waals surface area (Å²) in [7, 11) is 0. The van der Waals surface area contributed by atoms with Gasteiger partial charge in [-0.1, -0.05) is 12.1 Å². The van der Waals surface area contributed by atoms with Crippen molar-refractivity contribution >= 4 is 28.0 Å². The first-order valence-corrected chi connectivity index (χ1v) is 14.2. The van der Waals surface area contributed by atoms with E-state index in [2.05, 4.69) is 57.1 Å². The van der Waals surface area contributed by atoms with Crippen LogP contribution in [0.2, 0.25) is 0 Å². The molecule has 39 heavy (non-hydrogen) atoms. The SMILES string of the molecule is C[C@@H]1N=C(c2cc3c(-c4ccc(F)s4)cncc3[nH]2)c2cc(-c3cncc(OCCN4CCCC4)c3)ccc21. The van der Waals surface area contributed by atoms with E-state index in [0.29, 0.717) is 6.61 Å². The highest BCUT2D eigenvalue weighted by Gasteiger charge is 2.25. The van der Waals surface area contributed by atoms with Crippen LogP contribution < -0.4 is 4.74 Å². The van der Waals surface area contributed by atoms with Gasteiger partial charge in [0.05, 0.1) is 35.4 Å². The number of ether oxygens (including phenoxy) is 1. The Bertz CT molecular complexity index is 1700. The standard InChI is InChI=1S/C31H28FN5OS/c1-19-23-5-4-20(21-12-22(16-33-15-21)38-11-10-37-8-2-3-9-37)13-25(23)31(35-19)27-14-24-26(17-34-18-28(24)36-27)29-6-7-30(32)39-29/h4-7,12-19,36H,2-3,8-11H2,1H3/t19-/m0/s1. The topological polar surface area (TPSA) is 66.4 Å². The number of hydrogen-bond donors (Lipinski definition) is 1. The molecule has 1 aromatic carbocycles. The zero-order valence-electron chi connectivity index (χ0n) is 21.7. The van der Waals surface area contributed by atoms with Crippen molar-refractivity contribution in [2.45, 2.75) is 25.8 Å². The Balaban J connectivity index is 1.19. The van der Waals surface area contributed by atoms with E-state index < -0.39 is 0 Å². The highest BCUT2D eigenvalue weighted by Crippen LogP contribution is 2.37. The minimum Gasteiger partial charge on any atom is -0.491 e. The number of aromatic nitrogens is 3. The maximum atomic E-state index is 13.8. The Kier molecular flexibility index (Phi) is 6.21. The molecule has 1 saturated heterocycles. The number of aromatic amines is 1. The van der Waals surface area contributed by atoms with Gasteiger partial charge in [-0.05, 0) is 74.3 Å². The zero-order chi connectivity index (χ0) is 26.3. The highest BCUT2D eigenvalue weighted by molar-refractivity contribution is 7.14. The predicted molar refractivity (Wildman–Crippen MR) is 154 cm³/mol. The largest absolute Gasteiger partial charge is 0.491 e. The van der Waals surface area contributed by atoms with Crippen molar-refractivity contribution < 1.29 is 9.13 Å². The molecule has 0 saturated carbocycles. The predicted octanol–water partition coefficient (Wildman–Crippen LogP) is 6.88. The van der Waals surface area contributed by atoms with Crippen molar-refractivity contribution in [1.29, 1.82) is 0 Å². The van der Waals surface area contributed by atoms with Crippen molar-refractivity contribution in [3.63, 3.8) is 0 Å². The van der Waals surface area contributed by atoms with E-state index in [1.54, 1.807) is 18.5 Å². The molecule has 6 nitrogen and oxygen atoms in total. The summed E-state index contributed by atoms with van der Waals surface area (Å²) in [4.78, 5) is 20.7. The Morgan fingerprint density at radius 2 is 1.85 bits per heavy atom. The monoisotopic (exact) mass is 537 g/mol. The fourth-order valence-corrected chi connectivity index (χ4v) is 6.40. The molecule has 196 valence electrons. The first-order chi connectivity index (χ1) is 19.1. The smallest absolute Gasteiger partial charge is 0.176 e. The average molecular weight is 538 g/mol. The van der Waals surface area contributed by atoms with Crippen LogP contribution in [0, 0.1) is 5.13 Å². The molecule has 0 aliphatic carbocycles. The van der Waals surface area contributed by atoms with Gasteiger partial charge < -0.3 is 9.72 Å². The van der Waals surface area contributed by atoms with E-state index in [9.17, 15) is 4.39 Å². The normalized spacial score (nSPS) is 17.1. The van der Waals surface area contributed by atoms with Crippen molar-refractivity contribution in [3.8, 4) is 27.3 Å². The van der Waals surface area contributed by atoms with E-state index in [1.807, 2.05) is 12.4 Å². The number of likely N-dealkylation sites (tertiary alicyclic amines) is 1. The molecular weight excluding hydrogens is 509 g/mol. The molecule has 4 aromatic heterocycles. The Labute approximate surface area is 230 Å². The number of benzene rings is 1. The molecular formula is C31H28FN5OS. The summed E-state index contributed by atoms with van der Waals surface area (Å²) >= 11 is 1.13. The first kappa shape index (κ1) is 24.2. The Morgan fingerprint density at radius 1 is 0.974 bits per heavy atom.